The molecule has 4 aromatic rings. The Hall–Kier alpha value is -3.66. The number of amides is 2. The van der Waals surface area contributed by atoms with E-state index in [0.717, 1.165) is 0 Å². The maximum atomic E-state index is 12.6. The second kappa shape index (κ2) is 10.5. The van der Waals surface area contributed by atoms with Crippen LogP contribution in [-0.4, -0.2) is 37.5 Å². The number of para-hydroxylation sites is 1. The first-order valence-corrected chi connectivity index (χ1v) is 11.0. The first kappa shape index (κ1) is 23.5. The molecule has 0 saturated heterocycles. The van der Waals surface area contributed by atoms with Crippen LogP contribution in [-0.2, 0) is 0 Å². The lowest BCUT2D eigenvalue weighted by molar-refractivity contribution is 0.225. The van der Waals surface area contributed by atoms with Crippen LogP contribution in [0.3, 0.4) is 0 Å². The molecule has 0 fully saturated rings. The number of hydrogen-bond donors (Lipinski definition) is 4. The van der Waals surface area contributed by atoms with Gasteiger partial charge in [0, 0.05) is 17.3 Å². The van der Waals surface area contributed by atoms with Crippen LogP contribution in [0, 0.1) is 6.92 Å². The fraction of sp³-hybridized carbons (Fsp3) is 0.130. The number of aliphatic hydroxyl groups is 1. The van der Waals surface area contributed by atoms with Gasteiger partial charge in [0.1, 0.15) is 0 Å². The molecule has 174 valence electrons. The molecule has 9 nitrogen and oxygen atoms in total. The second-order valence-electron chi connectivity index (χ2n) is 7.29. The number of benzene rings is 2. The highest BCUT2D eigenvalue weighted by molar-refractivity contribution is 6.33. The normalized spacial score (nSPS) is 11.6. The average Bonchev–Trinajstić information content (AvgIpc) is 3.19. The quantitative estimate of drug-likeness (QED) is 0.289. The molecular weight excluding hydrogens is 477 g/mol. The van der Waals surface area contributed by atoms with Crippen LogP contribution < -0.4 is 16.0 Å². The fourth-order valence-electron chi connectivity index (χ4n) is 3.25. The van der Waals surface area contributed by atoms with Crippen LogP contribution in [0.4, 0.5) is 22.1 Å². The number of urea groups is 1. The molecule has 0 spiro atoms. The number of nitrogens with one attached hydrogen (secondary N) is 3. The lowest BCUT2D eigenvalue weighted by Gasteiger charge is -2.17. The highest BCUT2D eigenvalue weighted by atomic mass is 35.5. The van der Waals surface area contributed by atoms with Gasteiger partial charge in [0.05, 0.1) is 40.9 Å². The van der Waals surface area contributed by atoms with Gasteiger partial charge >= 0.3 is 6.03 Å². The van der Waals surface area contributed by atoms with Gasteiger partial charge in [-0.15, -0.1) is 0 Å². The third-order valence-electron chi connectivity index (χ3n) is 4.98. The summed E-state index contributed by atoms with van der Waals surface area (Å²) in [5.41, 5.74) is 2.51. The van der Waals surface area contributed by atoms with Crippen molar-refractivity contribution in [3.63, 3.8) is 0 Å². The van der Waals surface area contributed by atoms with Gasteiger partial charge in [-0.1, -0.05) is 47.5 Å². The van der Waals surface area contributed by atoms with Crippen molar-refractivity contribution in [1.82, 2.24) is 25.1 Å². The molecular formula is C23H21Cl2N7O2. The summed E-state index contributed by atoms with van der Waals surface area (Å²) in [6.07, 6.45) is 3.12. The van der Waals surface area contributed by atoms with E-state index in [9.17, 15) is 9.90 Å². The summed E-state index contributed by atoms with van der Waals surface area (Å²) in [7, 11) is 0. The lowest BCUT2D eigenvalue weighted by Crippen LogP contribution is -2.34. The second-order valence-corrected chi connectivity index (χ2v) is 8.13. The monoisotopic (exact) mass is 497 g/mol. The van der Waals surface area contributed by atoms with Gasteiger partial charge in [-0.2, -0.15) is 10.1 Å². The molecule has 0 aliphatic carbocycles. The van der Waals surface area contributed by atoms with E-state index in [0.29, 0.717) is 44.4 Å². The molecule has 4 rings (SSSR count). The van der Waals surface area contributed by atoms with Crippen molar-refractivity contribution < 1.29 is 9.90 Å². The fourth-order valence-corrected chi connectivity index (χ4v) is 3.63. The van der Waals surface area contributed by atoms with E-state index >= 15 is 0 Å². The summed E-state index contributed by atoms with van der Waals surface area (Å²) < 4.78 is 1.58. The van der Waals surface area contributed by atoms with Crippen molar-refractivity contribution in [2.24, 2.45) is 0 Å². The standard InChI is InChI=1S/C23H21Cl2N7O2/c1-14-19(29-23(34)30-20(13-33)15-5-4-6-16(24)11-15)12-27-32(14)21-9-10-26-22(31-21)28-18-8-3-2-7-17(18)25/h2-12,20,33H,13H2,1H3,(H,26,28,31)(H2,29,30,34)/t20-/m1/s1. The first-order chi connectivity index (χ1) is 16.4. The van der Waals surface area contributed by atoms with Crippen LogP contribution in [0.15, 0.2) is 67.0 Å². The molecule has 11 heteroatoms. The summed E-state index contributed by atoms with van der Waals surface area (Å²) in [4.78, 5) is 21.3. The van der Waals surface area contributed by atoms with E-state index in [4.69, 9.17) is 23.2 Å². The Labute approximate surface area is 205 Å². The van der Waals surface area contributed by atoms with E-state index in [-0.39, 0.29) is 6.61 Å². The van der Waals surface area contributed by atoms with Crippen LogP contribution in [0.25, 0.3) is 5.82 Å². The lowest BCUT2D eigenvalue weighted by atomic mass is 10.1. The average molecular weight is 498 g/mol. The Morgan fingerprint density at radius 2 is 1.94 bits per heavy atom. The summed E-state index contributed by atoms with van der Waals surface area (Å²) in [5.74, 6) is 0.850. The van der Waals surface area contributed by atoms with E-state index < -0.39 is 12.1 Å². The molecule has 0 saturated carbocycles. The maximum absolute atomic E-state index is 12.6. The molecule has 2 heterocycles. The van der Waals surface area contributed by atoms with Crippen LogP contribution in [0.2, 0.25) is 10.0 Å². The topological polar surface area (TPSA) is 117 Å². The number of anilines is 3. The Morgan fingerprint density at radius 3 is 2.71 bits per heavy atom. The maximum Gasteiger partial charge on any atom is 0.319 e. The minimum absolute atomic E-state index is 0.284. The number of rotatable bonds is 7. The van der Waals surface area contributed by atoms with Gasteiger partial charge in [-0.3, -0.25) is 0 Å². The van der Waals surface area contributed by atoms with Gasteiger partial charge in [-0.25, -0.2) is 14.5 Å². The molecule has 0 radical (unpaired) electrons. The van der Waals surface area contributed by atoms with E-state index in [1.165, 1.54) is 6.20 Å². The number of hydrogen-bond acceptors (Lipinski definition) is 6. The first-order valence-electron chi connectivity index (χ1n) is 10.3. The summed E-state index contributed by atoms with van der Waals surface area (Å²) in [6.45, 7) is 1.51. The van der Waals surface area contributed by atoms with E-state index in [1.54, 1.807) is 54.2 Å². The smallest absolute Gasteiger partial charge is 0.319 e. The molecule has 0 aliphatic heterocycles. The SMILES string of the molecule is Cc1c(NC(=O)N[C@H](CO)c2cccc(Cl)c2)cnn1-c1ccnc(Nc2ccccc2Cl)n1. The minimum Gasteiger partial charge on any atom is -0.394 e. The van der Waals surface area contributed by atoms with Crippen molar-refractivity contribution in [1.29, 1.82) is 0 Å². The number of halogens is 2. The molecule has 0 aliphatic rings. The minimum atomic E-state index is -0.616. The van der Waals surface area contributed by atoms with E-state index in [1.807, 2.05) is 18.2 Å². The summed E-state index contributed by atoms with van der Waals surface area (Å²) >= 11 is 12.2. The van der Waals surface area contributed by atoms with Crippen molar-refractivity contribution in [2.75, 3.05) is 17.2 Å². The van der Waals surface area contributed by atoms with Gasteiger partial charge in [-0.05, 0) is 36.8 Å². The zero-order valence-corrected chi connectivity index (χ0v) is 19.5. The zero-order chi connectivity index (χ0) is 24.1. The molecule has 2 aromatic carbocycles. The zero-order valence-electron chi connectivity index (χ0n) is 18.0. The van der Waals surface area contributed by atoms with Gasteiger partial charge < -0.3 is 21.1 Å². The number of nitrogens with zero attached hydrogens (tertiary/aromatic N) is 4. The number of carbonyl (C=O) groups excluding carboxylic acids is 1. The Morgan fingerprint density at radius 1 is 1.12 bits per heavy atom. The summed E-state index contributed by atoms with van der Waals surface area (Å²) in [5, 5.41) is 23.7. The molecule has 2 amide bonds. The number of aliphatic hydroxyl groups excluding tert-OH is 1. The third kappa shape index (κ3) is 5.45. The molecule has 34 heavy (non-hydrogen) atoms. The van der Waals surface area contributed by atoms with Crippen molar-refractivity contribution >= 4 is 46.6 Å². The predicted octanol–water partition coefficient (Wildman–Crippen LogP) is 4.88. The molecule has 2 aromatic heterocycles. The summed E-state index contributed by atoms with van der Waals surface area (Å²) in [6, 6.07) is 14.8. The predicted molar refractivity (Wildman–Crippen MR) is 132 cm³/mol. The van der Waals surface area contributed by atoms with Crippen molar-refractivity contribution in [2.45, 2.75) is 13.0 Å². The van der Waals surface area contributed by atoms with Crippen LogP contribution in [0.1, 0.15) is 17.3 Å². The van der Waals surface area contributed by atoms with Crippen molar-refractivity contribution in [3.8, 4) is 5.82 Å². The van der Waals surface area contributed by atoms with E-state index in [2.05, 4.69) is 31.0 Å². The number of aromatic nitrogens is 4. The molecule has 1 atom stereocenters. The Kier molecular flexibility index (Phi) is 7.27. The van der Waals surface area contributed by atoms with Gasteiger partial charge in [0.15, 0.2) is 5.82 Å². The molecule has 0 unspecified atom stereocenters. The van der Waals surface area contributed by atoms with Gasteiger partial charge in [0.2, 0.25) is 5.95 Å². The van der Waals surface area contributed by atoms with Crippen LogP contribution >= 0.6 is 23.2 Å². The van der Waals surface area contributed by atoms with Gasteiger partial charge in [0.25, 0.3) is 0 Å². The van der Waals surface area contributed by atoms with Crippen LogP contribution in [0.5, 0.6) is 0 Å². The molecule has 0 bridgehead atoms. The Bertz CT molecular complexity index is 1310. The highest BCUT2D eigenvalue weighted by Crippen LogP contribution is 2.24. The highest BCUT2D eigenvalue weighted by Gasteiger charge is 2.17. The third-order valence-corrected chi connectivity index (χ3v) is 5.54. The Balaban J connectivity index is 1.47. The largest absolute Gasteiger partial charge is 0.394 e. The number of carbonyl (C=O) groups is 1. The molecule has 4 N–H and O–H groups in total. The van der Waals surface area contributed by atoms with Crippen molar-refractivity contribution in [3.05, 3.63) is 88.3 Å².